The van der Waals surface area contributed by atoms with E-state index in [0.717, 1.165) is 37.8 Å². The van der Waals surface area contributed by atoms with Gasteiger partial charge in [-0.25, -0.2) is 4.39 Å². The van der Waals surface area contributed by atoms with E-state index in [9.17, 15) is 17.6 Å². The molecular weight excluding hydrogens is 295 g/mol. The lowest BCUT2D eigenvalue weighted by Gasteiger charge is -2.33. The first-order chi connectivity index (χ1) is 10.3. The van der Waals surface area contributed by atoms with E-state index in [0.29, 0.717) is 18.8 Å². The topological polar surface area (TPSA) is 9.23 Å². The second-order valence-electron chi connectivity index (χ2n) is 5.95. The van der Waals surface area contributed by atoms with E-state index in [4.69, 9.17) is 7.85 Å². The van der Waals surface area contributed by atoms with Crippen molar-refractivity contribution in [1.82, 2.24) is 0 Å². The van der Waals surface area contributed by atoms with Crippen molar-refractivity contribution < 1.29 is 22.3 Å². The number of hydrogen-bond acceptors (Lipinski definition) is 1. The Morgan fingerprint density at radius 2 is 1.77 bits per heavy atom. The summed E-state index contributed by atoms with van der Waals surface area (Å²) in [6.07, 6.45) is 0.662. The molecule has 0 saturated heterocycles. The number of rotatable bonds is 5. The predicted octanol–water partition coefficient (Wildman–Crippen LogP) is 4.34. The molecule has 1 aromatic rings. The summed E-state index contributed by atoms with van der Waals surface area (Å²) in [5.41, 5.74) is -0.437. The molecule has 120 valence electrons. The number of hydrogen-bond donors (Lipinski definition) is 0. The minimum Gasteiger partial charge on any atom is -0.429 e. The fourth-order valence-corrected chi connectivity index (χ4v) is 3.05. The molecule has 0 N–H and O–H groups in total. The smallest absolute Gasteiger partial charge is 0.400 e. The molecule has 0 bridgehead atoms. The van der Waals surface area contributed by atoms with E-state index in [2.05, 4.69) is 11.7 Å². The molecule has 0 spiro atoms. The van der Waals surface area contributed by atoms with Gasteiger partial charge in [0.1, 0.15) is 7.85 Å². The zero-order valence-electron chi connectivity index (χ0n) is 12.5. The van der Waals surface area contributed by atoms with Gasteiger partial charge in [-0.15, -0.1) is 0 Å². The van der Waals surface area contributed by atoms with Crippen LogP contribution < -0.4 is 10.2 Å². The van der Waals surface area contributed by atoms with Gasteiger partial charge in [0.05, 0.1) is 5.92 Å². The monoisotopic (exact) mass is 314 g/mol. The molecule has 1 aliphatic carbocycles. The maximum Gasteiger partial charge on any atom is 0.400 e. The first kappa shape index (κ1) is 17.2. The molecule has 0 atom stereocenters. The lowest BCUT2D eigenvalue weighted by Crippen LogP contribution is -2.37. The zero-order valence-corrected chi connectivity index (χ0v) is 12.5. The fraction of sp³-hybridized carbons (Fsp3) is 0.625. The molecule has 22 heavy (non-hydrogen) atoms. The quantitative estimate of drug-likeness (QED) is 0.580. The van der Waals surface area contributed by atoms with Crippen molar-refractivity contribution in [3.63, 3.8) is 0 Å². The first-order valence-electron chi connectivity index (χ1n) is 7.65. The van der Waals surface area contributed by atoms with Gasteiger partial charge in [0.2, 0.25) is 0 Å². The molecule has 0 aromatic heterocycles. The van der Waals surface area contributed by atoms with Gasteiger partial charge in [-0.3, -0.25) is 0 Å². The highest BCUT2D eigenvalue weighted by Gasteiger charge is 2.44. The van der Waals surface area contributed by atoms with Crippen molar-refractivity contribution in [2.24, 2.45) is 11.8 Å². The minimum atomic E-state index is -3.51. The fourth-order valence-electron chi connectivity index (χ4n) is 3.05. The van der Waals surface area contributed by atoms with Crippen LogP contribution in [0.3, 0.4) is 0 Å². The van der Waals surface area contributed by atoms with E-state index in [-0.39, 0.29) is 0 Å². The molecule has 2 rings (SSSR count). The normalized spacial score (nSPS) is 22.6. The molecule has 6 heteroatoms. The summed E-state index contributed by atoms with van der Waals surface area (Å²) < 4.78 is 59.8. The average Bonchev–Trinajstić information content (AvgIpc) is 2.49. The predicted molar refractivity (Wildman–Crippen MR) is 77.7 cm³/mol. The van der Waals surface area contributed by atoms with Crippen LogP contribution in [0.5, 0.6) is 5.75 Å². The Balaban J connectivity index is 2.04. The van der Waals surface area contributed by atoms with E-state index in [1.165, 1.54) is 0 Å². The number of halogens is 4. The highest BCUT2D eigenvalue weighted by Crippen LogP contribution is 2.41. The summed E-state index contributed by atoms with van der Waals surface area (Å²) in [5.74, 6) is -4.13. The summed E-state index contributed by atoms with van der Waals surface area (Å²) in [7, 11) is 5.18. The Bertz CT molecular complexity index is 513. The van der Waals surface area contributed by atoms with Crippen LogP contribution >= 0.6 is 0 Å². The van der Waals surface area contributed by atoms with Crippen LogP contribution in [0.1, 0.15) is 45.4 Å². The summed E-state index contributed by atoms with van der Waals surface area (Å²) in [6, 6.07) is 1.95. The van der Waals surface area contributed by atoms with Crippen LogP contribution in [0.4, 0.5) is 17.6 Å². The molecule has 1 saturated carbocycles. The van der Waals surface area contributed by atoms with Crippen LogP contribution in [0.15, 0.2) is 12.1 Å². The molecule has 1 aliphatic rings. The van der Waals surface area contributed by atoms with E-state index < -0.39 is 34.9 Å². The molecule has 0 amide bonds. The second kappa shape index (κ2) is 6.92. The van der Waals surface area contributed by atoms with Crippen molar-refractivity contribution in [1.29, 1.82) is 0 Å². The third-order valence-corrected chi connectivity index (χ3v) is 4.34. The van der Waals surface area contributed by atoms with Gasteiger partial charge in [0.15, 0.2) is 17.4 Å². The molecule has 0 heterocycles. The van der Waals surface area contributed by atoms with Crippen molar-refractivity contribution >= 4 is 13.3 Å². The molecule has 1 fully saturated rings. The molecule has 1 nitrogen and oxygen atoms in total. The van der Waals surface area contributed by atoms with E-state index in [1.54, 1.807) is 0 Å². The highest BCUT2D eigenvalue weighted by atomic mass is 19.3. The maximum absolute atomic E-state index is 14.2. The minimum absolute atomic E-state index is 0.330. The standard InChI is InChI=1S/C16H19BF4O/c1-2-3-10-4-6-11(7-5-10)16(20,21)22-13-9-8-12(17)14(18)15(13)19/h8-11H,2-7H2,1H3. The number of benzene rings is 1. The van der Waals surface area contributed by atoms with Crippen molar-refractivity contribution in [2.75, 3.05) is 0 Å². The van der Waals surface area contributed by atoms with Gasteiger partial charge in [-0.1, -0.05) is 31.3 Å². The summed E-state index contributed by atoms with van der Waals surface area (Å²) in [4.78, 5) is 0. The Hall–Kier alpha value is -1.20. The molecule has 0 aliphatic heterocycles. The largest absolute Gasteiger partial charge is 0.429 e. The third kappa shape index (κ3) is 3.76. The first-order valence-corrected chi connectivity index (χ1v) is 7.65. The zero-order chi connectivity index (χ0) is 16.3. The van der Waals surface area contributed by atoms with Crippen LogP contribution in [-0.4, -0.2) is 14.0 Å². The average molecular weight is 314 g/mol. The van der Waals surface area contributed by atoms with Gasteiger partial charge < -0.3 is 4.74 Å². The Morgan fingerprint density at radius 1 is 1.14 bits per heavy atom. The van der Waals surface area contributed by atoms with Crippen LogP contribution in [0, 0.1) is 23.5 Å². The highest BCUT2D eigenvalue weighted by molar-refractivity contribution is 6.32. The van der Waals surface area contributed by atoms with Crippen LogP contribution in [0.2, 0.25) is 0 Å². The molecular formula is C16H19BF4O. The SMILES string of the molecule is [B]c1ccc(OC(F)(F)C2CCC(CCC)CC2)c(F)c1F. The van der Waals surface area contributed by atoms with E-state index in [1.807, 2.05) is 0 Å². The maximum atomic E-state index is 14.2. The molecule has 1 aromatic carbocycles. The van der Waals surface area contributed by atoms with Gasteiger partial charge in [-0.2, -0.15) is 13.2 Å². The molecule has 2 radical (unpaired) electrons. The summed E-state index contributed by atoms with van der Waals surface area (Å²) >= 11 is 0. The van der Waals surface area contributed by atoms with Gasteiger partial charge in [0, 0.05) is 0 Å². The van der Waals surface area contributed by atoms with Crippen LogP contribution in [-0.2, 0) is 0 Å². The van der Waals surface area contributed by atoms with Crippen molar-refractivity contribution in [3.05, 3.63) is 23.8 Å². The Morgan fingerprint density at radius 3 is 2.36 bits per heavy atom. The van der Waals surface area contributed by atoms with Gasteiger partial charge in [-0.05, 0) is 37.7 Å². The van der Waals surface area contributed by atoms with Gasteiger partial charge >= 0.3 is 6.11 Å². The molecule has 0 unspecified atom stereocenters. The third-order valence-electron chi connectivity index (χ3n) is 4.34. The Kier molecular flexibility index (Phi) is 5.40. The second-order valence-corrected chi connectivity index (χ2v) is 5.95. The lowest BCUT2D eigenvalue weighted by atomic mass is 9.79. The number of ether oxygens (including phenoxy) is 1. The summed E-state index contributed by atoms with van der Waals surface area (Å²) in [6.45, 7) is 2.07. The summed E-state index contributed by atoms with van der Waals surface area (Å²) in [5, 5.41) is 0. The van der Waals surface area contributed by atoms with E-state index >= 15 is 0 Å². The van der Waals surface area contributed by atoms with Crippen molar-refractivity contribution in [2.45, 2.75) is 51.6 Å². The number of alkyl halides is 2. The van der Waals surface area contributed by atoms with Gasteiger partial charge in [0.25, 0.3) is 0 Å². The lowest BCUT2D eigenvalue weighted by molar-refractivity contribution is -0.224. The van der Waals surface area contributed by atoms with Crippen molar-refractivity contribution in [3.8, 4) is 5.75 Å². The Labute approximate surface area is 129 Å². The van der Waals surface area contributed by atoms with Crippen LogP contribution in [0.25, 0.3) is 0 Å².